The molecule has 4 aromatic rings. The van der Waals surface area contributed by atoms with Crippen LogP contribution >= 0.6 is 0 Å². The van der Waals surface area contributed by atoms with Gasteiger partial charge >= 0.3 is 0 Å². The molecule has 5 rings (SSSR count). The summed E-state index contributed by atoms with van der Waals surface area (Å²) in [5.74, 6) is 0. The molecular weight excluding hydrogens is 358 g/mol. The summed E-state index contributed by atoms with van der Waals surface area (Å²) in [7, 11) is 0. The smallest absolute Gasteiger partial charge is 0.123 e. The third-order valence-electron chi connectivity index (χ3n) is 6.16. The average Bonchev–Trinajstić information content (AvgIpc) is 3.45. The van der Waals surface area contributed by atoms with Crippen molar-refractivity contribution in [3.8, 4) is 5.69 Å². The minimum atomic E-state index is 0.578. The molecule has 2 aromatic heterocycles. The van der Waals surface area contributed by atoms with Crippen molar-refractivity contribution in [2.75, 3.05) is 19.6 Å². The van der Waals surface area contributed by atoms with Crippen molar-refractivity contribution >= 4 is 10.9 Å². The minimum absolute atomic E-state index is 0.578. The van der Waals surface area contributed by atoms with Crippen molar-refractivity contribution in [2.24, 2.45) is 0 Å². The van der Waals surface area contributed by atoms with Gasteiger partial charge in [0.25, 0.3) is 0 Å². The number of benzene rings is 2. The van der Waals surface area contributed by atoms with Gasteiger partial charge in [0, 0.05) is 25.3 Å². The van der Waals surface area contributed by atoms with Crippen molar-refractivity contribution in [1.29, 1.82) is 0 Å². The molecule has 2 aromatic carbocycles. The first-order valence-corrected chi connectivity index (χ1v) is 10.6. The summed E-state index contributed by atoms with van der Waals surface area (Å²) in [6.07, 6.45) is 10.6. The van der Waals surface area contributed by atoms with Crippen molar-refractivity contribution in [3.05, 3.63) is 79.0 Å². The number of piperidine rings is 1. The summed E-state index contributed by atoms with van der Waals surface area (Å²) in [6, 6.07) is 20.2. The number of aryl methyl sites for hydroxylation is 1. The summed E-state index contributed by atoms with van der Waals surface area (Å²) in [6.45, 7) is 3.57. The van der Waals surface area contributed by atoms with Crippen molar-refractivity contribution in [2.45, 2.75) is 31.7 Å². The van der Waals surface area contributed by atoms with E-state index in [9.17, 15) is 0 Å². The predicted molar refractivity (Wildman–Crippen MR) is 116 cm³/mol. The molecule has 0 N–H and O–H groups in total. The number of likely N-dealkylation sites (tertiary alicyclic amines) is 1. The second kappa shape index (κ2) is 8.21. The Morgan fingerprint density at radius 3 is 2.48 bits per heavy atom. The minimum Gasteiger partial charge on any atom is -0.344 e. The molecule has 0 atom stereocenters. The maximum atomic E-state index is 3.93. The summed E-state index contributed by atoms with van der Waals surface area (Å²) < 4.78 is 4.44. The first kappa shape index (κ1) is 18.1. The Morgan fingerprint density at radius 2 is 1.69 bits per heavy atom. The van der Waals surface area contributed by atoms with Gasteiger partial charge in [-0.1, -0.05) is 36.4 Å². The Morgan fingerprint density at radius 1 is 0.897 bits per heavy atom. The van der Waals surface area contributed by atoms with Crippen molar-refractivity contribution in [3.63, 3.8) is 0 Å². The van der Waals surface area contributed by atoms with Crippen LogP contribution in [0.15, 0.2) is 73.4 Å². The molecule has 5 heteroatoms. The lowest BCUT2D eigenvalue weighted by molar-refractivity contribution is 0.187. The fourth-order valence-electron chi connectivity index (χ4n) is 4.52. The van der Waals surface area contributed by atoms with Gasteiger partial charge in [-0.25, -0.2) is 0 Å². The zero-order valence-electron chi connectivity index (χ0n) is 16.7. The van der Waals surface area contributed by atoms with Crippen LogP contribution in [0.25, 0.3) is 16.6 Å². The van der Waals surface area contributed by atoms with Crippen LogP contribution in [0, 0.1) is 0 Å². The Bertz CT molecular complexity index is 1040. The number of aromatic nitrogens is 4. The van der Waals surface area contributed by atoms with E-state index < -0.39 is 0 Å². The fraction of sp³-hybridized carbons (Fsp3) is 0.333. The van der Waals surface area contributed by atoms with Gasteiger partial charge in [-0.3, -0.25) is 4.57 Å². The third kappa shape index (κ3) is 3.96. The molecule has 0 aliphatic carbocycles. The van der Waals surface area contributed by atoms with Gasteiger partial charge in [-0.2, -0.15) is 0 Å². The van der Waals surface area contributed by atoms with Crippen molar-refractivity contribution in [1.82, 2.24) is 24.2 Å². The number of hydrogen-bond donors (Lipinski definition) is 0. The standard InChI is InChI=1S/C24H27N5/c1-2-5-20(6-3-1)7-4-13-27-14-11-22(12-15-27)29-16-10-21-8-9-23(17-24(21)29)28-18-25-26-19-28/h1-3,5-6,8-10,16-19,22H,4,7,11-15H2. The second-order valence-electron chi connectivity index (χ2n) is 8.00. The molecule has 0 radical (unpaired) electrons. The van der Waals surface area contributed by atoms with Crippen LogP contribution in [-0.2, 0) is 6.42 Å². The van der Waals surface area contributed by atoms with Gasteiger partial charge in [-0.15, -0.1) is 10.2 Å². The van der Waals surface area contributed by atoms with Crippen LogP contribution < -0.4 is 0 Å². The quantitative estimate of drug-likeness (QED) is 0.491. The molecule has 0 amide bonds. The molecule has 1 fully saturated rings. The Hall–Kier alpha value is -2.92. The fourth-order valence-corrected chi connectivity index (χ4v) is 4.52. The maximum absolute atomic E-state index is 3.93. The van der Waals surface area contributed by atoms with Gasteiger partial charge in [0.1, 0.15) is 12.7 Å². The lowest BCUT2D eigenvalue weighted by atomic mass is 10.0. The number of hydrogen-bond acceptors (Lipinski definition) is 3. The number of fused-ring (bicyclic) bond motifs is 1. The Balaban J connectivity index is 1.21. The van der Waals surface area contributed by atoms with E-state index in [1.54, 1.807) is 12.7 Å². The van der Waals surface area contributed by atoms with E-state index in [1.807, 2.05) is 4.57 Å². The topological polar surface area (TPSA) is 38.9 Å². The average molecular weight is 386 g/mol. The first-order chi connectivity index (χ1) is 14.4. The van der Waals surface area contributed by atoms with E-state index in [1.165, 1.54) is 61.8 Å². The van der Waals surface area contributed by atoms with Crippen LogP contribution in [0.1, 0.15) is 30.9 Å². The number of nitrogens with zero attached hydrogens (tertiary/aromatic N) is 5. The highest BCUT2D eigenvalue weighted by molar-refractivity contribution is 5.82. The zero-order valence-corrected chi connectivity index (χ0v) is 16.7. The third-order valence-corrected chi connectivity index (χ3v) is 6.16. The highest BCUT2D eigenvalue weighted by atomic mass is 15.2. The second-order valence-corrected chi connectivity index (χ2v) is 8.00. The summed E-state index contributed by atoms with van der Waals surface area (Å²) in [5.41, 5.74) is 3.87. The van der Waals surface area contributed by atoms with E-state index in [2.05, 4.69) is 80.5 Å². The van der Waals surface area contributed by atoms with Crippen molar-refractivity contribution < 1.29 is 0 Å². The molecule has 0 spiro atoms. The lowest BCUT2D eigenvalue weighted by Crippen LogP contribution is -2.35. The SMILES string of the molecule is c1ccc(CCCN2CCC(n3ccc4ccc(-n5cnnc5)cc43)CC2)cc1. The number of rotatable bonds is 6. The van der Waals surface area contributed by atoms with Gasteiger partial charge < -0.3 is 9.47 Å². The van der Waals surface area contributed by atoms with Crippen LogP contribution in [0.5, 0.6) is 0 Å². The summed E-state index contributed by atoms with van der Waals surface area (Å²) in [5, 5.41) is 9.16. The summed E-state index contributed by atoms with van der Waals surface area (Å²) in [4.78, 5) is 2.63. The van der Waals surface area contributed by atoms with Gasteiger partial charge in [-0.05, 0) is 61.4 Å². The molecule has 1 saturated heterocycles. The van der Waals surface area contributed by atoms with Crippen LogP contribution in [0.2, 0.25) is 0 Å². The van der Waals surface area contributed by atoms with Gasteiger partial charge in [0.05, 0.1) is 11.2 Å². The normalized spacial score (nSPS) is 15.9. The monoisotopic (exact) mass is 385 g/mol. The molecule has 1 aliphatic heterocycles. The predicted octanol–water partition coefficient (Wildman–Crippen LogP) is 4.49. The van der Waals surface area contributed by atoms with Gasteiger partial charge in [0.2, 0.25) is 0 Å². The first-order valence-electron chi connectivity index (χ1n) is 10.6. The molecule has 3 heterocycles. The highest BCUT2D eigenvalue weighted by Crippen LogP contribution is 2.29. The van der Waals surface area contributed by atoms with E-state index in [0.717, 1.165) is 5.69 Å². The van der Waals surface area contributed by atoms with E-state index >= 15 is 0 Å². The Labute approximate surface area is 171 Å². The largest absolute Gasteiger partial charge is 0.344 e. The molecule has 5 nitrogen and oxygen atoms in total. The molecule has 1 aliphatic rings. The Kier molecular flexibility index (Phi) is 5.13. The van der Waals surface area contributed by atoms with E-state index in [4.69, 9.17) is 0 Å². The summed E-state index contributed by atoms with van der Waals surface area (Å²) >= 11 is 0. The zero-order chi connectivity index (χ0) is 19.5. The molecule has 0 bridgehead atoms. The molecular formula is C24H27N5. The molecule has 29 heavy (non-hydrogen) atoms. The molecule has 0 saturated carbocycles. The highest BCUT2D eigenvalue weighted by Gasteiger charge is 2.21. The van der Waals surface area contributed by atoms with Crippen LogP contribution in [0.3, 0.4) is 0 Å². The van der Waals surface area contributed by atoms with Gasteiger partial charge in [0.15, 0.2) is 0 Å². The molecule has 0 unspecified atom stereocenters. The maximum Gasteiger partial charge on any atom is 0.123 e. The van der Waals surface area contributed by atoms with E-state index in [0.29, 0.717) is 6.04 Å². The molecule has 148 valence electrons. The lowest BCUT2D eigenvalue weighted by Gasteiger charge is -2.33. The van der Waals surface area contributed by atoms with E-state index in [-0.39, 0.29) is 0 Å². The van der Waals surface area contributed by atoms with Crippen LogP contribution in [-0.4, -0.2) is 43.9 Å². The van der Waals surface area contributed by atoms with Crippen LogP contribution in [0.4, 0.5) is 0 Å².